The Morgan fingerprint density at radius 3 is 3.00 bits per heavy atom. The Balaban J connectivity index is 2.18. The number of aliphatic hydroxyl groups excluding tert-OH is 1. The Labute approximate surface area is 89.2 Å². The van der Waals surface area contributed by atoms with Crippen LogP contribution in [0.2, 0.25) is 0 Å². The van der Waals surface area contributed by atoms with Gasteiger partial charge in [-0.25, -0.2) is 0 Å². The SMILES string of the molecule is CN(CCc1cccs1)CC(O)CN. The Hall–Kier alpha value is -0.420. The van der Waals surface area contributed by atoms with Crippen molar-refractivity contribution in [2.24, 2.45) is 5.73 Å². The highest BCUT2D eigenvalue weighted by molar-refractivity contribution is 7.09. The molecule has 0 aromatic carbocycles. The van der Waals surface area contributed by atoms with Crippen molar-refractivity contribution in [3.05, 3.63) is 22.4 Å². The molecule has 80 valence electrons. The number of rotatable bonds is 6. The molecule has 0 saturated carbocycles. The van der Waals surface area contributed by atoms with Gasteiger partial charge in [0.25, 0.3) is 0 Å². The first-order valence-corrected chi connectivity index (χ1v) is 5.69. The fourth-order valence-electron chi connectivity index (χ4n) is 1.28. The Morgan fingerprint density at radius 2 is 2.43 bits per heavy atom. The van der Waals surface area contributed by atoms with Crippen LogP contribution in [0.1, 0.15) is 4.88 Å². The van der Waals surface area contributed by atoms with E-state index < -0.39 is 6.10 Å². The highest BCUT2D eigenvalue weighted by Gasteiger charge is 2.05. The second-order valence-electron chi connectivity index (χ2n) is 3.48. The van der Waals surface area contributed by atoms with Crippen LogP contribution in [-0.2, 0) is 6.42 Å². The summed E-state index contributed by atoms with van der Waals surface area (Å²) in [5.74, 6) is 0. The molecule has 0 amide bonds. The summed E-state index contributed by atoms with van der Waals surface area (Å²) in [5, 5.41) is 11.4. The quantitative estimate of drug-likeness (QED) is 0.727. The van der Waals surface area contributed by atoms with Crippen molar-refractivity contribution in [1.29, 1.82) is 0 Å². The highest BCUT2D eigenvalue weighted by atomic mass is 32.1. The fourth-order valence-corrected chi connectivity index (χ4v) is 1.98. The van der Waals surface area contributed by atoms with Crippen LogP contribution in [0.15, 0.2) is 17.5 Å². The van der Waals surface area contributed by atoms with E-state index in [1.807, 2.05) is 7.05 Å². The standard InChI is InChI=1S/C10H18N2OS/c1-12(8-9(13)7-11)5-4-10-3-2-6-14-10/h2-3,6,9,13H,4-5,7-8,11H2,1H3. The van der Waals surface area contributed by atoms with Crippen LogP contribution in [-0.4, -0.2) is 42.8 Å². The maximum Gasteiger partial charge on any atom is 0.0788 e. The van der Waals surface area contributed by atoms with Crippen LogP contribution < -0.4 is 5.73 Å². The molecule has 4 heteroatoms. The molecule has 3 N–H and O–H groups in total. The summed E-state index contributed by atoms with van der Waals surface area (Å²) < 4.78 is 0. The lowest BCUT2D eigenvalue weighted by Crippen LogP contribution is -2.35. The average molecular weight is 214 g/mol. The van der Waals surface area contributed by atoms with Gasteiger partial charge in [0, 0.05) is 24.5 Å². The Kier molecular flexibility index (Phi) is 5.11. The molecule has 1 atom stereocenters. The molecular weight excluding hydrogens is 196 g/mol. The third kappa shape index (κ3) is 4.19. The van der Waals surface area contributed by atoms with E-state index in [0.29, 0.717) is 13.1 Å². The van der Waals surface area contributed by atoms with Crippen LogP contribution in [0, 0.1) is 0 Å². The zero-order valence-electron chi connectivity index (χ0n) is 8.52. The van der Waals surface area contributed by atoms with Gasteiger partial charge in [0.2, 0.25) is 0 Å². The summed E-state index contributed by atoms with van der Waals surface area (Å²) in [6.45, 7) is 1.96. The molecule has 0 radical (unpaired) electrons. The predicted molar refractivity (Wildman–Crippen MR) is 60.6 cm³/mol. The molecule has 1 rings (SSSR count). The van der Waals surface area contributed by atoms with Crippen molar-refractivity contribution in [2.45, 2.75) is 12.5 Å². The van der Waals surface area contributed by atoms with Crippen molar-refractivity contribution in [2.75, 3.05) is 26.7 Å². The monoisotopic (exact) mass is 214 g/mol. The molecule has 3 nitrogen and oxygen atoms in total. The fraction of sp³-hybridized carbons (Fsp3) is 0.600. The molecule has 0 spiro atoms. The van der Waals surface area contributed by atoms with Crippen LogP contribution >= 0.6 is 11.3 Å². The molecule has 1 aromatic rings. The van der Waals surface area contributed by atoms with Gasteiger partial charge in [0.15, 0.2) is 0 Å². The lowest BCUT2D eigenvalue weighted by Gasteiger charge is -2.18. The number of likely N-dealkylation sites (N-methyl/N-ethyl adjacent to an activating group) is 1. The minimum atomic E-state index is -0.400. The van der Waals surface area contributed by atoms with E-state index in [1.165, 1.54) is 4.88 Å². The van der Waals surface area contributed by atoms with Crippen LogP contribution in [0.3, 0.4) is 0 Å². The second-order valence-corrected chi connectivity index (χ2v) is 4.51. The number of hydrogen-bond donors (Lipinski definition) is 2. The normalized spacial score (nSPS) is 13.4. The molecule has 0 aliphatic carbocycles. The van der Waals surface area contributed by atoms with Gasteiger partial charge in [-0.3, -0.25) is 0 Å². The largest absolute Gasteiger partial charge is 0.390 e. The smallest absolute Gasteiger partial charge is 0.0788 e. The van der Waals surface area contributed by atoms with Gasteiger partial charge in [-0.05, 0) is 24.9 Å². The molecule has 1 unspecified atom stereocenters. The van der Waals surface area contributed by atoms with E-state index in [0.717, 1.165) is 13.0 Å². The second kappa shape index (κ2) is 6.14. The number of nitrogens with zero attached hydrogens (tertiary/aromatic N) is 1. The number of hydrogen-bond acceptors (Lipinski definition) is 4. The summed E-state index contributed by atoms with van der Waals surface area (Å²) in [6, 6.07) is 4.20. The Morgan fingerprint density at radius 1 is 1.64 bits per heavy atom. The number of nitrogens with two attached hydrogens (primary N) is 1. The van der Waals surface area contributed by atoms with E-state index in [4.69, 9.17) is 5.73 Å². The van der Waals surface area contributed by atoms with Gasteiger partial charge in [-0.2, -0.15) is 0 Å². The first-order valence-electron chi connectivity index (χ1n) is 4.81. The first kappa shape index (κ1) is 11.7. The van der Waals surface area contributed by atoms with Gasteiger partial charge in [0.05, 0.1) is 6.10 Å². The molecule has 0 saturated heterocycles. The number of aliphatic hydroxyl groups is 1. The van der Waals surface area contributed by atoms with Crippen LogP contribution in [0.4, 0.5) is 0 Å². The van der Waals surface area contributed by atoms with E-state index in [1.54, 1.807) is 11.3 Å². The maximum absolute atomic E-state index is 9.32. The van der Waals surface area contributed by atoms with Crippen molar-refractivity contribution < 1.29 is 5.11 Å². The van der Waals surface area contributed by atoms with Crippen LogP contribution in [0.25, 0.3) is 0 Å². The van der Waals surface area contributed by atoms with E-state index in [2.05, 4.69) is 22.4 Å². The molecule has 1 aromatic heterocycles. The van der Waals surface area contributed by atoms with Crippen LogP contribution in [0.5, 0.6) is 0 Å². The predicted octanol–water partition coefficient (Wildman–Crippen LogP) is 0.542. The van der Waals surface area contributed by atoms with Crippen molar-refractivity contribution >= 4 is 11.3 Å². The van der Waals surface area contributed by atoms with Gasteiger partial charge in [0.1, 0.15) is 0 Å². The molecule has 1 heterocycles. The maximum atomic E-state index is 9.32. The summed E-state index contributed by atoms with van der Waals surface area (Å²) in [5.41, 5.74) is 5.34. The van der Waals surface area contributed by atoms with Crippen molar-refractivity contribution in [1.82, 2.24) is 4.90 Å². The van der Waals surface area contributed by atoms with Gasteiger partial charge >= 0.3 is 0 Å². The van der Waals surface area contributed by atoms with E-state index in [9.17, 15) is 5.11 Å². The average Bonchev–Trinajstić information content (AvgIpc) is 2.67. The first-order chi connectivity index (χ1) is 6.72. The molecule has 14 heavy (non-hydrogen) atoms. The minimum absolute atomic E-state index is 0.337. The van der Waals surface area contributed by atoms with Gasteiger partial charge in [-0.1, -0.05) is 6.07 Å². The summed E-state index contributed by atoms with van der Waals surface area (Å²) >= 11 is 1.78. The third-order valence-electron chi connectivity index (χ3n) is 2.11. The minimum Gasteiger partial charge on any atom is -0.390 e. The molecule has 0 fully saturated rings. The van der Waals surface area contributed by atoms with E-state index >= 15 is 0 Å². The van der Waals surface area contributed by atoms with Gasteiger partial charge in [-0.15, -0.1) is 11.3 Å². The summed E-state index contributed by atoms with van der Waals surface area (Å²) in [7, 11) is 2.01. The zero-order valence-corrected chi connectivity index (χ0v) is 9.33. The van der Waals surface area contributed by atoms with Gasteiger partial charge < -0.3 is 15.7 Å². The summed E-state index contributed by atoms with van der Waals surface area (Å²) in [6.07, 6.45) is 0.647. The topological polar surface area (TPSA) is 49.5 Å². The van der Waals surface area contributed by atoms with Crippen molar-refractivity contribution in [3.8, 4) is 0 Å². The Bertz CT molecular complexity index is 238. The summed E-state index contributed by atoms with van der Waals surface area (Å²) in [4.78, 5) is 3.50. The lowest BCUT2D eigenvalue weighted by molar-refractivity contribution is 0.133. The molecular formula is C10H18N2OS. The lowest BCUT2D eigenvalue weighted by atomic mass is 10.3. The van der Waals surface area contributed by atoms with E-state index in [-0.39, 0.29) is 0 Å². The molecule has 0 aliphatic heterocycles. The number of thiophene rings is 1. The molecule has 0 bridgehead atoms. The zero-order chi connectivity index (χ0) is 10.4. The third-order valence-corrected chi connectivity index (χ3v) is 3.05. The highest BCUT2D eigenvalue weighted by Crippen LogP contribution is 2.09. The van der Waals surface area contributed by atoms with Crippen molar-refractivity contribution in [3.63, 3.8) is 0 Å². The molecule has 0 aliphatic rings.